The smallest absolute Gasteiger partial charge is 0.320 e. The average Bonchev–Trinajstić information content (AvgIpc) is 3.70. The van der Waals surface area contributed by atoms with Gasteiger partial charge in [-0.05, 0) is 48.9 Å². The maximum Gasteiger partial charge on any atom is 0.320 e. The Labute approximate surface area is 254 Å². The number of aromatic nitrogens is 4. The molecule has 220 valence electrons. The summed E-state index contributed by atoms with van der Waals surface area (Å²) >= 11 is 1.66. The van der Waals surface area contributed by atoms with Crippen LogP contribution in [0.5, 0.6) is 17.2 Å². The zero-order valence-electron chi connectivity index (χ0n) is 24.8. The third kappa shape index (κ3) is 5.78. The molecule has 6 aromatic rings. The number of carbonyl (C=O) groups excluding carboxylic acids is 1. The van der Waals surface area contributed by atoms with Crippen molar-refractivity contribution < 1.29 is 14.3 Å². The minimum absolute atomic E-state index is 0.200. The summed E-state index contributed by atoms with van der Waals surface area (Å²) in [6, 6.07) is 22.9. The van der Waals surface area contributed by atoms with Crippen molar-refractivity contribution in [2.45, 2.75) is 46.1 Å². The minimum atomic E-state index is -0.348. The Morgan fingerprint density at radius 1 is 1.00 bits per heavy atom. The van der Waals surface area contributed by atoms with Gasteiger partial charge in [-0.25, -0.2) is 14.5 Å². The van der Waals surface area contributed by atoms with Crippen LogP contribution in [0, 0.1) is 0 Å². The molecule has 43 heavy (non-hydrogen) atoms. The number of benzene rings is 3. The van der Waals surface area contributed by atoms with E-state index in [9.17, 15) is 4.79 Å². The predicted molar refractivity (Wildman–Crippen MR) is 171 cm³/mol. The lowest BCUT2D eigenvalue weighted by molar-refractivity contribution is 0.251. The highest BCUT2D eigenvalue weighted by molar-refractivity contribution is 7.23. The minimum Gasteiger partial charge on any atom is -0.497 e. The van der Waals surface area contributed by atoms with E-state index in [1.54, 1.807) is 23.1 Å². The van der Waals surface area contributed by atoms with E-state index in [1.807, 2.05) is 72.9 Å². The Balaban J connectivity index is 1.19. The lowest BCUT2D eigenvalue weighted by Crippen LogP contribution is -2.29. The third-order valence-corrected chi connectivity index (χ3v) is 8.25. The summed E-state index contributed by atoms with van der Waals surface area (Å²) in [7, 11) is 1.63. The number of carbonyl (C=O) groups is 1. The van der Waals surface area contributed by atoms with Crippen LogP contribution in [0.2, 0.25) is 0 Å². The quantitative estimate of drug-likeness (QED) is 0.188. The Hall–Kier alpha value is -4.83. The summed E-state index contributed by atoms with van der Waals surface area (Å²) in [6.07, 6.45) is 2.83. The van der Waals surface area contributed by atoms with Gasteiger partial charge in [0.25, 0.3) is 0 Å². The molecule has 0 saturated heterocycles. The summed E-state index contributed by atoms with van der Waals surface area (Å²) in [5.74, 6) is 2.71. The summed E-state index contributed by atoms with van der Waals surface area (Å²) < 4.78 is 16.7. The largest absolute Gasteiger partial charge is 0.497 e. The van der Waals surface area contributed by atoms with E-state index in [1.165, 1.54) is 0 Å². The number of para-hydroxylation sites is 1. The molecule has 0 aliphatic heterocycles. The highest BCUT2D eigenvalue weighted by Gasteiger charge is 2.22. The average molecular weight is 595 g/mol. The van der Waals surface area contributed by atoms with Crippen LogP contribution < -0.4 is 20.1 Å². The highest BCUT2D eigenvalue weighted by Crippen LogP contribution is 2.33. The first-order valence-corrected chi connectivity index (χ1v) is 15.0. The van der Waals surface area contributed by atoms with Gasteiger partial charge in [-0.3, -0.25) is 9.72 Å². The SMILES string of the molecule is CCc1cnc2sc3ccc(Oc4ccccc4CNC(=O)Nc4cc(C(C)(C)C)nn4-c4ccc(OC)cc4)cc3n12. The fourth-order valence-corrected chi connectivity index (χ4v) is 5.84. The number of aryl methyl sites for hydroxylation is 1. The van der Waals surface area contributed by atoms with Gasteiger partial charge in [-0.1, -0.05) is 57.2 Å². The zero-order chi connectivity index (χ0) is 30.1. The molecule has 10 heteroatoms. The molecule has 3 aromatic heterocycles. The number of fused-ring (bicyclic) bond motifs is 3. The van der Waals surface area contributed by atoms with Gasteiger partial charge < -0.3 is 14.8 Å². The molecule has 2 amide bonds. The number of anilines is 1. The molecule has 0 aliphatic rings. The van der Waals surface area contributed by atoms with E-state index >= 15 is 0 Å². The second-order valence-corrected chi connectivity index (χ2v) is 12.3. The van der Waals surface area contributed by atoms with Crippen LogP contribution in [0.15, 0.2) is 79.0 Å². The second-order valence-electron chi connectivity index (χ2n) is 11.2. The van der Waals surface area contributed by atoms with Gasteiger partial charge >= 0.3 is 6.03 Å². The van der Waals surface area contributed by atoms with Gasteiger partial charge in [0.2, 0.25) is 0 Å². The molecule has 0 aliphatic carbocycles. The highest BCUT2D eigenvalue weighted by atomic mass is 32.1. The molecule has 9 nitrogen and oxygen atoms in total. The molecule has 0 bridgehead atoms. The van der Waals surface area contributed by atoms with Gasteiger partial charge in [0.1, 0.15) is 23.1 Å². The molecular weight excluding hydrogens is 560 g/mol. The van der Waals surface area contributed by atoms with E-state index in [2.05, 4.69) is 53.8 Å². The van der Waals surface area contributed by atoms with Crippen LogP contribution in [0.25, 0.3) is 20.9 Å². The van der Waals surface area contributed by atoms with Gasteiger partial charge in [0.15, 0.2) is 4.96 Å². The molecular formula is C33H34N6O3S. The summed E-state index contributed by atoms with van der Waals surface area (Å²) in [5.41, 5.74) is 4.56. The van der Waals surface area contributed by atoms with Crippen molar-refractivity contribution in [2.24, 2.45) is 0 Å². The summed E-state index contributed by atoms with van der Waals surface area (Å²) in [4.78, 5) is 18.7. The van der Waals surface area contributed by atoms with Crippen molar-refractivity contribution in [3.8, 4) is 22.9 Å². The Morgan fingerprint density at radius 2 is 1.77 bits per heavy atom. The van der Waals surface area contributed by atoms with Crippen LogP contribution in [0.4, 0.5) is 10.6 Å². The van der Waals surface area contributed by atoms with Crippen LogP contribution in [0.3, 0.4) is 0 Å². The number of nitrogens with zero attached hydrogens (tertiary/aromatic N) is 4. The van der Waals surface area contributed by atoms with Crippen molar-refractivity contribution in [2.75, 3.05) is 12.4 Å². The van der Waals surface area contributed by atoms with E-state index in [0.717, 1.165) is 55.7 Å². The fraction of sp³-hybridized carbons (Fsp3) is 0.242. The van der Waals surface area contributed by atoms with E-state index in [0.29, 0.717) is 11.6 Å². The van der Waals surface area contributed by atoms with Gasteiger partial charge in [-0.2, -0.15) is 5.10 Å². The topological polar surface area (TPSA) is 94.7 Å². The van der Waals surface area contributed by atoms with Gasteiger partial charge in [0, 0.05) is 35.3 Å². The fourth-order valence-electron chi connectivity index (χ4n) is 4.84. The van der Waals surface area contributed by atoms with Crippen LogP contribution in [-0.2, 0) is 18.4 Å². The van der Waals surface area contributed by atoms with Crippen LogP contribution in [-0.4, -0.2) is 32.3 Å². The lowest BCUT2D eigenvalue weighted by atomic mass is 9.92. The monoisotopic (exact) mass is 594 g/mol. The van der Waals surface area contributed by atoms with Crippen LogP contribution >= 0.6 is 11.3 Å². The van der Waals surface area contributed by atoms with E-state index in [-0.39, 0.29) is 18.0 Å². The van der Waals surface area contributed by atoms with Gasteiger partial charge in [0.05, 0.1) is 34.9 Å². The number of urea groups is 1. The van der Waals surface area contributed by atoms with E-state index in [4.69, 9.17) is 14.6 Å². The molecule has 0 atom stereocenters. The summed E-state index contributed by atoms with van der Waals surface area (Å²) in [6.45, 7) is 8.67. The molecule has 0 saturated carbocycles. The maximum absolute atomic E-state index is 13.1. The first kappa shape index (κ1) is 28.3. The molecule has 3 aromatic carbocycles. The standard InChI is InChI=1S/C33H34N6O3S/c1-6-22-20-35-32-38(22)26-17-25(15-16-28(26)43-32)42-27-10-8-7-9-21(27)19-34-31(40)36-30-18-29(33(2,3)4)37-39(30)23-11-13-24(41-5)14-12-23/h7-18,20H,6,19H2,1-5H3,(H2,34,36,40). The lowest BCUT2D eigenvalue weighted by Gasteiger charge is -2.14. The Bertz CT molecular complexity index is 1910. The van der Waals surface area contributed by atoms with Crippen molar-refractivity contribution in [1.82, 2.24) is 24.5 Å². The molecule has 0 unspecified atom stereocenters. The first-order chi connectivity index (χ1) is 20.7. The van der Waals surface area contributed by atoms with Crippen molar-refractivity contribution in [3.63, 3.8) is 0 Å². The normalized spacial score (nSPS) is 11.7. The molecule has 2 N–H and O–H groups in total. The number of thiazole rings is 1. The molecule has 6 rings (SSSR count). The first-order valence-electron chi connectivity index (χ1n) is 14.2. The number of hydrogen-bond acceptors (Lipinski definition) is 6. The molecule has 3 heterocycles. The molecule has 0 spiro atoms. The molecule has 0 radical (unpaired) electrons. The van der Waals surface area contributed by atoms with Gasteiger partial charge in [-0.15, -0.1) is 0 Å². The predicted octanol–water partition coefficient (Wildman–Crippen LogP) is 7.72. The third-order valence-electron chi connectivity index (χ3n) is 7.21. The second kappa shape index (κ2) is 11.4. The number of rotatable bonds is 8. The Kier molecular flexibility index (Phi) is 7.53. The number of imidazole rings is 1. The zero-order valence-corrected chi connectivity index (χ0v) is 25.7. The van der Waals surface area contributed by atoms with Crippen LogP contribution in [0.1, 0.15) is 44.6 Å². The number of ether oxygens (including phenoxy) is 2. The number of amides is 2. The maximum atomic E-state index is 13.1. The van der Waals surface area contributed by atoms with Crippen molar-refractivity contribution in [3.05, 3.63) is 95.9 Å². The van der Waals surface area contributed by atoms with E-state index < -0.39 is 0 Å². The number of hydrogen-bond donors (Lipinski definition) is 2. The molecule has 0 fully saturated rings. The van der Waals surface area contributed by atoms with Crippen molar-refractivity contribution >= 4 is 38.4 Å². The van der Waals surface area contributed by atoms with Crippen molar-refractivity contribution in [1.29, 1.82) is 0 Å². The number of methoxy groups -OCH3 is 1. The summed E-state index contributed by atoms with van der Waals surface area (Å²) in [5, 5.41) is 10.8. The Morgan fingerprint density at radius 3 is 2.51 bits per heavy atom. The number of nitrogens with one attached hydrogen (secondary N) is 2.